The van der Waals surface area contributed by atoms with Gasteiger partial charge in [-0.3, -0.25) is 19.3 Å². The highest BCUT2D eigenvalue weighted by Gasteiger charge is 2.42. The van der Waals surface area contributed by atoms with Crippen LogP contribution >= 0.6 is 0 Å². The summed E-state index contributed by atoms with van der Waals surface area (Å²) in [5, 5.41) is 9.31. The number of nitrogens with zero attached hydrogens (tertiary/aromatic N) is 1. The highest BCUT2D eigenvalue weighted by molar-refractivity contribution is 5.92. The number of allylic oxidation sites excluding steroid dienone is 2. The van der Waals surface area contributed by atoms with Gasteiger partial charge in [-0.2, -0.15) is 0 Å². The summed E-state index contributed by atoms with van der Waals surface area (Å²) in [6.45, 7) is 6.95. The Balaban J connectivity index is 1.42. The Morgan fingerprint density at radius 3 is 2.59 bits per heavy atom. The molecule has 2 saturated heterocycles. The summed E-state index contributed by atoms with van der Waals surface area (Å²) in [5.41, 5.74) is 0.120. The topological polar surface area (TPSA) is 109 Å². The number of likely N-dealkylation sites (tertiary alicyclic amines) is 1. The van der Waals surface area contributed by atoms with Gasteiger partial charge in [0.1, 0.15) is 11.8 Å². The Labute approximate surface area is 232 Å². The summed E-state index contributed by atoms with van der Waals surface area (Å²) in [5.74, 6) is 0.994. The van der Waals surface area contributed by atoms with Crippen LogP contribution < -0.4 is 20.7 Å². The molecule has 4 rings (SSSR count). The summed E-state index contributed by atoms with van der Waals surface area (Å²) in [6.07, 6.45) is 8.36. The van der Waals surface area contributed by atoms with Crippen molar-refractivity contribution >= 4 is 23.4 Å². The molecule has 1 aromatic carbocycles. The van der Waals surface area contributed by atoms with E-state index in [9.17, 15) is 14.4 Å². The molecule has 2 fully saturated rings. The molecule has 3 amide bonds. The van der Waals surface area contributed by atoms with Crippen molar-refractivity contribution in [2.45, 2.75) is 64.5 Å². The van der Waals surface area contributed by atoms with Crippen LogP contribution in [0.25, 0.3) is 0 Å². The number of piperidine rings is 1. The number of hydrogen-bond donors (Lipinski definition) is 3. The van der Waals surface area contributed by atoms with Crippen molar-refractivity contribution in [1.29, 1.82) is 0 Å². The molecule has 39 heavy (non-hydrogen) atoms. The maximum absolute atomic E-state index is 13.8. The van der Waals surface area contributed by atoms with E-state index in [0.717, 1.165) is 24.3 Å². The summed E-state index contributed by atoms with van der Waals surface area (Å²) < 4.78 is 10.9. The molecule has 3 N–H and O–H groups in total. The summed E-state index contributed by atoms with van der Waals surface area (Å²) in [4.78, 5) is 41.9. The number of ether oxygens (including phenoxy) is 2. The Morgan fingerprint density at radius 1 is 1.15 bits per heavy atom. The molecule has 0 radical (unpaired) electrons. The van der Waals surface area contributed by atoms with Gasteiger partial charge in [0.05, 0.1) is 25.7 Å². The van der Waals surface area contributed by atoms with Crippen LogP contribution in [-0.4, -0.2) is 74.7 Å². The highest BCUT2D eigenvalue weighted by Crippen LogP contribution is 2.37. The third-order valence-electron chi connectivity index (χ3n) is 8.28. The number of anilines is 1. The Hall–Kier alpha value is -2.91. The molecular formula is C30H44N4O5. The maximum atomic E-state index is 13.8. The zero-order valence-corrected chi connectivity index (χ0v) is 23.5. The van der Waals surface area contributed by atoms with Crippen molar-refractivity contribution in [2.24, 2.45) is 17.3 Å². The molecule has 3 aliphatic heterocycles. The van der Waals surface area contributed by atoms with E-state index in [1.54, 1.807) is 7.11 Å². The third-order valence-corrected chi connectivity index (χ3v) is 8.28. The summed E-state index contributed by atoms with van der Waals surface area (Å²) >= 11 is 0. The lowest BCUT2D eigenvalue weighted by atomic mass is 9.74. The lowest BCUT2D eigenvalue weighted by Crippen LogP contribution is -2.57. The van der Waals surface area contributed by atoms with Crippen LogP contribution in [0.3, 0.4) is 0 Å². The molecule has 0 aliphatic carbocycles. The molecule has 0 saturated carbocycles. The normalized spacial score (nSPS) is 26.9. The standard InChI is InChI=1S/C30H44N4O5/c1-21(2)18-26-28(36)32-25-11-17-39-20-22(25)6-4-5-12-30(29(37)33-26)13-15-34(16-14-30)19-27(35)31-23-7-9-24(38-3)10-8-23/h4-5,7-10,21-22,25-26H,6,11-20H2,1-3H3,(H,31,35)(H,32,36)(H,33,37)/b5-4-/t22-,25+,26-/m1/s1. The van der Waals surface area contributed by atoms with Crippen LogP contribution in [0.1, 0.15) is 52.4 Å². The van der Waals surface area contributed by atoms with Crippen molar-refractivity contribution in [3.8, 4) is 5.75 Å². The highest BCUT2D eigenvalue weighted by atomic mass is 16.5. The minimum absolute atomic E-state index is 0.0561. The molecule has 214 valence electrons. The number of fused-ring (bicyclic) bond motifs is 1. The molecule has 1 spiro atoms. The fourth-order valence-electron chi connectivity index (χ4n) is 5.84. The quantitative estimate of drug-likeness (QED) is 0.479. The number of carbonyl (C=O) groups is 3. The minimum Gasteiger partial charge on any atom is -0.497 e. The molecule has 9 nitrogen and oxygen atoms in total. The average Bonchev–Trinajstić information content (AvgIpc) is 2.92. The van der Waals surface area contributed by atoms with Gasteiger partial charge >= 0.3 is 0 Å². The Kier molecular flexibility index (Phi) is 10.0. The minimum atomic E-state index is -0.601. The first kappa shape index (κ1) is 29.1. The zero-order chi connectivity index (χ0) is 27.8. The number of carbonyl (C=O) groups excluding carboxylic acids is 3. The van der Waals surface area contributed by atoms with Crippen LogP contribution in [0.5, 0.6) is 5.75 Å². The third kappa shape index (κ3) is 7.82. The molecule has 3 heterocycles. The van der Waals surface area contributed by atoms with Crippen LogP contribution in [-0.2, 0) is 19.1 Å². The van der Waals surface area contributed by atoms with Gasteiger partial charge in [0.15, 0.2) is 0 Å². The van der Waals surface area contributed by atoms with Gasteiger partial charge in [0.25, 0.3) is 0 Å². The van der Waals surface area contributed by atoms with Crippen LogP contribution in [0, 0.1) is 17.3 Å². The van der Waals surface area contributed by atoms with E-state index in [4.69, 9.17) is 9.47 Å². The SMILES string of the molecule is COc1ccc(NC(=O)CN2CCC3(C/C=C\C[C@@H]4COCC[C@@H]4NC(=O)[C@@H](CC(C)C)NC3=O)CC2)cc1. The Bertz CT molecular complexity index is 1020. The number of hydrogen-bond acceptors (Lipinski definition) is 6. The Morgan fingerprint density at radius 2 is 1.90 bits per heavy atom. The van der Waals surface area contributed by atoms with Crippen LogP contribution in [0.4, 0.5) is 5.69 Å². The molecule has 3 atom stereocenters. The van der Waals surface area contributed by atoms with Gasteiger partial charge in [-0.15, -0.1) is 0 Å². The van der Waals surface area contributed by atoms with Crippen LogP contribution in [0.2, 0.25) is 0 Å². The van der Waals surface area contributed by atoms with Crippen molar-refractivity contribution in [3.63, 3.8) is 0 Å². The largest absolute Gasteiger partial charge is 0.497 e. The van der Waals surface area contributed by atoms with Gasteiger partial charge in [-0.1, -0.05) is 26.0 Å². The van der Waals surface area contributed by atoms with E-state index in [0.29, 0.717) is 52.0 Å². The van der Waals surface area contributed by atoms with E-state index < -0.39 is 11.5 Å². The smallest absolute Gasteiger partial charge is 0.242 e. The maximum Gasteiger partial charge on any atom is 0.242 e. The van der Waals surface area contributed by atoms with E-state index in [1.807, 2.05) is 24.3 Å². The first-order valence-electron chi connectivity index (χ1n) is 14.3. The zero-order valence-electron chi connectivity index (χ0n) is 23.5. The van der Waals surface area contributed by atoms with Crippen molar-refractivity contribution in [1.82, 2.24) is 15.5 Å². The fraction of sp³-hybridized carbons (Fsp3) is 0.633. The number of benzene rings is 1. The second kappa shape index (κ2) is 13.4. The number of amides is 3. The molecule has 0 aromatic heterocycles. The molecule has 1 aromatic rings. The predicted octanol–water partition coefficient (Wildman–Crippen LogP) is 3.12. The van der Waals surface area contributed by atoms with Crippen LogP contribution in [0.15, 0.2) is 36.4 Å². The lowest BCUT2D eigenvalue weighted by molar-refractivity contribution is -0.138. The number of methoxy groups -OCH3 is 1. The molecule has 3 aliphatic rings. The number of nitrogens with one attached hydrogen (secondary N) is 3. The van der Waals surface area contributed by atoms with E-state index in [1.165, 1.54) is 0 Å². The van der Waals surface area contributed by atoms with Crippen molar-refractivity contribution in [2.75, 3.05) is 45.3 Å². The summed E-state index contributed by atoms with van der Waals surface area (Å²) in [7, 11) is 1.61. The van der Waals surface area contributed by atoms with Gasteiger partial charge in [0.2, 0.25) is 17.7 Å². The molecule has 9 heteroatoms. The average molecular weight is 541 g/mol. The van der Waals surface area contributed by atoms with Gasteiger partial charge < -0.3 is 25.4 Å². The molecule has 0 unspecified atom stereocenters. The predicted molar refractivity (Wildman–Crippen MR) is 150 cm³/mol. The first-order valence-corrected chi connectivity index (χ1v) is 14.3. The summed E-state index contributed by atoms with van der Waals surface area (Å²) in [6, 6.07) is 6.75. The lowest BCUT2D eigenvalue weighted by Gasteiger charge is -2.41. The molecule has 0 bridgehead atoms. The van der Waals surface area contributed by atoms with E-state index >= 15 is 0 Å². The van der Waals surface area contributed by atoms with Crippen molar-refractivity contribution < 1.29 is 23.9 Å². The fourth-order valence-corrected chi connectivity index (χ4v) is 5.84. The first-order chi connectivity index (χ1) is 18.8. The van der Waals surface area contributed by atoms with Gasteiger partial charge in [-0.25, -0.2) is 0 Å². The van der Waals surface area contributed by atoms with Gasteiger partial charge in [-0.05, 0) is 81.8 Å². The number of rotatable bonds is 6. The second-order valence-corrected chi connectivity index (χ2v) is 11.6. The van der Waals surface area contributed by atoms with E-state index in [-0.39, 0.29) is 42.1 Å². The second-order valence-electron chi connectivity index (χ2n) is 11.6. The molecular weight excluding hydrogens is 496 g/mol. The van der Waals surface area contributed by atoms with Gasteiger partial charge in [0, 0.05) is 24.3 Å². The monoisotopic (exact) mass is 540 g/mol. The van der Waals surface area contributed by atoms with E-state index in [2.05, 4.69) is 46.8 Å². The van der Waals surface area contributed by atoms with Crippen molar-refractivity contribution in [3.05, 3.63) is 36.4 Å².